The van der Waals surface area contributed by atoms with E-state index in [0.29, 0.717) is 22.6 Å². The molecule has 0 saturated heterocycles. The van der Waals surface area contributed by atoms with Gasteiger partial charge in [0.25, 0.3) is 0 Å². The molecule has 2 aromatic carbocycles. The molecule has 0 amide bonds. The highest BCUT2D eigenvalue weighted by atomic mass is 35.5. The fourth-order valence-electron chi connectivity index (χ4n) is 1.81. The number of rotatable bonds is 3. The molecule has 0 heterocycles. The Kier molecular flexibility index (Phi) is 3.68. The summed E-state index contributed by atoms with van der Waals surface area (Å²) in [6, 6.07) is 11.8. The van der Waals surface area contributed by atoms with Gasteiger partial charge in [0.1, 0.15) is 5.75 Å². The summed E-state index contributed by atoms with van der Waals surface area (Å²) in [7, 11) is 0. The van der Waals surface area contributed by atoms with Crippen LogP contribution in [0.25, 0.3) is 0 Å². The number of halogens is 1. The summed E-state index contributed by atoms with van der Waals surface area (Å²) < 4.78 is 0. The molecule has 2 rings (SSSR count). The van der Waals surface area contributed by atoms with Crippen molar-refractivity contribution in [2.75, 3.05) is 0 Å². The monoisotopic (exact) mass is 260 g/mol. The van der Waals surface area contributed by atoms with Crippen LogP contribution in [0.3, 0.4) is 0 Å². The maximum absolute atomic E-state index is 12.3. The quantitative estimate of drug-likeness (QED) is 0.852. The highest BCUT2D eigenvalue weighted by Crippen LogP contribution is 2.23. The molecule has 2 aromatic rings. The van der Waals surface area contributed by atoms with Crippen LogP contribution in [-0.4, -0.2) is 10.9 Å². The van der Waals surface area contributed by atoms with E-state index in [1.54, 1.807) is 42.5 Å². The number of ketones is 1. The molecule has 0 fully saturated rings. The number of carbonyl (C=O) groups is 1. The zero-order chi connectivity index (χ0) is 13.1. The van der Waals surface area contributed by atoms with Crippen molar-refractivity contribution in [2.45, 2.75) is 13.3 Å². The van der Waals surface area contributed by atoms with E-state index >= 15 is 0 Å². The zero-order valence-electron chi connectivity index (χ0n) is 9.98. The Hall–Kier alpha value is -1.80. The van der Waals surface area contributed by atoms with Crippen LogP contribution in [0.4, 0.5) is 0 Å². The summed E-state index contributed by atoms with van der Waals surface area (Å²) in [6.45, 7) is 1.93. The van der Waals surface area contributed by atoms with Crippen LogP contribution < -0.4 is 0 Å². The Labute approximate surface area is 111 Å². The molecule has 18 heavy (non-hydrogen) atoms. The van der Waals surface area contributed by atoms with Crippen molar-refractivity contribution in [3.05, 3.63) is 64.2 Å². The second-order valence-electron chi connectivity index (χ2n) is 4.01. The Balaban J connectivity index is 2.44. The van der Waals surface area contributed by atoms with Gasteiger partial charge in [-0.1, -0.05) is 30.7 Å². The van der Waals surface area contributed by atoms with Gasteiger partial charge in [-0.2, -0.15) is 0 Å². The fraction of sp³-hybridized carbons (Fsp3) is 0.133. The molecule has 0 unspecified atom stereocenters. The first-order chi connectivity index (χ1) is 8.63. The lowest BCUT2D eigenvalue weighted by Crippen LogP contribution is -2.02. The standard InChI is InChI=1S/C15H13ClO2/c1-2-10-9-11(7-8-14(10)17)15(18)12-5-3-4-6-13(12)16/h3-9,17H,2H2,1H3. The maximum atomic E-state index is 12.3. The second-order valence-corrected chi connectivity index (χ2v) is 4.41. The van der Waals surface area contributed by atoms with E-state index in [2.05, 4.69) is 0 Å². The third-order valence-electron chi connectivity index (χ3n) is 2.84. The minimum absolute atomic E-state index is 0.129. The first-order valence-electron chi connectivity index (χ1n) is 5.74. The summed E-state index contributed by atoms with van der Waals surface area (Å²) in [5.41, 5.74) is 1.78. The SMILES string of the molecule is CCc1cc(C(=O)c2ccccc2Cl)ccc1O. The summed E-state index contributed by atoms with van der Waals surface area (Å²) >= 11 is 6.00. The molecule has 92 valence electrons. The first-order valence-corrected chi connectivity index (χ1v) is 6.12. The number of aryl methyl sites for hydroxylation is 1. The van der Waals surface area contributed by atoms with Crippen LogP contribution >= 0.6 is 11.6 Å². The van der Waals surface area contributed by atoms with E-state index in [1.807, 2.05) is 6.92 Å². The number of phenolic OH excluding ortho intramolecular Hbond substituents is 1. The number of hydrogen-bond acceptors (Lipinski definition) is 2. The maximum Gasteiger partial charge on any atom is 0.194 e. The van der Waals surface area contributed by atoms with Crippen LogP contribution in [0.5, 0.6) is 5.75 Å². The average molecular weight is 261 g/mol. The molecule has 0 atom stereocenters. The van der Waals surface area contributed by atoms with Crippen LogP contribution in [0.1, 0.15) is 28.4 Å². The predicted molar refractivity (Wildman–Crippen MR) is 72.4 cm³/mol. The first kappa shape index (κ1) is 12.7. The molecule has 2 nitrogen and oxygen atoms in total. The van der Waals surface area contributed by atoms with Gasteiger partial charge in [0.05, 0.1) is 5.02 Å². The summed E-state index contributed by atoms with van der Waals surface area (Å²) in [4.78, 5) is 12.3. The van der Waals surface area contributed by atoms with Gasteiger partial charge in [0, 0.05) is 11.1 Å². The number of aromatic hydroxyl groups is 1. The van der Waals surface area contributed by atoms with Crippen molar-refractivity contribution in [3.8, 4) is 5.75 Å². The van der Waals surface area contributed by atoms with Crippen molar-refractivity contribution in [2.24, 2.45) is 0 Å². The van der Waals surface area contributed by atoms with Crippen molar-refractivity contribution in [1.82, 2.24) is 0 Å². The van der Waals surface area contributed by atoms with E-state index in [9.17, 15) is 9.90 Å². The molecule has 0 bridgehead atoms. The van der Waals surface area contributed by atoms with E-state index in [1.165, 1.54) is 0 Å². The number of benzene rings is 2. The molecular formula is C15H13ClO2. The molecule has 0 aromatic heterocycles. The van der Waals surface area contributed by atoms with E-state index < -0.39 is 0 Å². The van der Waals surface area contributed by atoms with E-state index in [4.69, 9.17) is 11.6 Å². The zero-order valence-corrected chi connectivity index (χ0v) is 10.7. The highest BCUT2D eigenvalue weighted by molar-refractivity contribution is 6.34. The van der Waals surface area contributed by atoms with Crippen LogP contribution in [-0.2, 0) is 6.42 Å². The normalized spacial score (nSPS) is 10.3. The lowest BCUT2D eigenvalue weighted by Gasteiger charge is -2.06. The molecule has 0 saturated carbocycles. The van der Waals surface area contributed by atoms with Gasteiger partial charge in [-0.25, -0.2) is 0 Å². The predicted octanol–water partition coefficient (Wildman–Crippen LogP) is 3.84. The van der Waals surface area contributed by atoms with Gasteiger partial charge in [-0.3, -0.25) is 4.79 Å². The molecule has 0 radical (unpaired) electrons. The third kappa shape index (κ3) is 2.39. The third-order valence-corrected chi connectivity index (χ3v) is 3.17. The van der Waals surface area contributed by atoms with Crippen molar-refractivity contribution < 1.29 is 9.90 Å². The van der Waals surface area contributed by atoms with E-state index in [-0.39, 0.29) is 11.5 Å². The minimum atomic E-state index is -0.129. The van der Waals surface area contributed by atoms with Gasteiger partial charge < -0.3 is 5.11 Å². The topological polar surface area (TPSA) is 37.3 Å². The molecule has 0 aliphatic heterocycles. The number of hydrogen-bond donors (Lipinski definition) is 1. The smallest absolute Gasteiger partial charge is 0.194 e. The lowest BCUT2D eigenvalue weighted by molar-refractivity contribution is 0.103. The Morgan fingerprint density at radius 2 is 1.94 bits per heavy atom. The average Bonchev–Trinajstić information content (AvgIpc) is 2.39. The fourth-order valence-corrected chi connectivity index (χ4v) is 2.03. The lowest BCUT2D eigenvalue weighted by atomic mass is 10.00. The van der Waals surface area contributed by atoms with Gasteiger partial charge in [-0.05, 0) is 42.3 Å². The Morgan fingerprint density at radius 1 is 1.22 bits per heavy atom. The Bertz CT molecular complexity index is 591. The number of phenols is 1. The molecule has 0 aliphatic carbocycles. The van der Waals surface area contributed by atoms with E-state index in [0.717, 1.165) is 5.56 Å². The largest absolute Gasteiger partial charge is 0.508 e. The molecule has 0 spiro atoms. The van der Waals surface area contributed by atoms with Crippen LogP contribution in [0.2, 0.25) is 5.02 Å². The van der Waals surface area contributed by atoms with Gasteiger partial charge in [-0.15, -0.1) is 0 Å². The summed E-state index contributed by atoms with van der Waals surface area (Å²) in [5, 5.41) is 10.0. The summed E-state index contributed by atoms with van der Waals surface area (Å²) in [6.07, 6.45) is 0.676. The van der Waals surface area contributed by atoms with Gasteiger partial charge in [0.15, 0.2) is 5.78 Å². The molecule has 1 N–H and O–H groups in total. The summed E-state index contributed by atoms with van der Waals surface area (Å²) in [5.74, 6) is 0.0866. The molecule has 0 aliphatic rings. The van der Waals surface area contributed by atoms with Crippen LogP contribution in [0, 0.1) is 0 Å². The molecular weight excluding hydrogens is 248 g/mol. The Morgan fingerprint density at radius 3 is 2.61 bits per heavy atom. The van der Waals surface area contributed by atoms with Crippen molar-refractivity contribution >= 4 is 17.4 Å². The molecule has 3 heteroatoms. The minimum Gasteiger partial charge on any atom is -0.508 e. The van der Waals surface area contributed by atoms with Crippen molar-refractivity contribution in [3.63, 3.8) is 0 Å². The second kappa shape index (κ2) is 5.23. The highest BCUT2D eigenvalue weighted by Gasteiger charge is 2.13. The van der Waals surface area contributed by atoms with Gasteiger partial charge >= 0.3 is 0 Å². The van der Waals surface area contributed by atoms with Crippen molar-refractivity contribution in [1.29, 1.82) is 0 Å². The van der Waals surface area contributed by atoms with Crippen LogP contribution in [0.15, 0.2) is 42.5 Å². The number of carbonyl (C=O) groups excluding carboxylic acids is 1. The van der Waals surface area contributed by atoms with Gasteiger partial charge in [0.2, 0.25) is 0 Å².